The highest BCUT2D eigenvalue weighted by Gasteiger charge is 2.19. The third-order valence-corrected chi connectivity index (χ3v) is 4.16. The standard InChI is InChI=1S/C24H21NO4/c26-23(25-22(24(27)28)17-18-8-3-1-4-9-18)15-14-19-10-7-13-21(16-19)29-20-11-5-2-6-12-20/h1-16,22H,17H2,(H,25,26)(H,27,28)/b15-14+. The first-order chi connectivity index (χ1) is 14.1. The SMILES string of the molecule is O=C(/C=C/c1cccc(Oc2ccccc2)c1)NC(Cc1ccccc1)C(=O)O. The van der Waals surface area contributed by atoms with Crippen molar-refractivity contribution >= 4 is 18.0 Å². The van der Waals surface area contributed by atoms with Crippen LogP contribution >= 0.6 is 0 Å². The summed E-state index contributed by atoms with van der Waals surface area (Å²) in [5.41, 5.74) is 1.61. The van der Waals surface area contributed by atoms with Crippen molar-refractivity contribution in [3.05, 3.63) is 102 Å². The fourth-order valence-electron chi connectivity index (χ4n) is 2.75. The first-order valence-corrected chi connectivity index (χ1v) is 9.18. The van der Waals surface area contributed by atoms with Gasteiger partial charge in [0.2, 0.25) is 5.91 Å². The topological polar surface area (TPSA) is 75.6 Å². The first kappa shape index (κ1) is 19.9. The molecule has 1 unspecified atom stereocenters. The van der Waals surface area contributed by atoms with E-state index in [-0.39, 0.29) is 6.42 Å². The molecule has 0 bridgehead atoms. The number of carboxylic acid groups (broad SMARTS) is 1. The van der Waals surface area contributed by atoms with Crippen molar-refractivity contribution in [2.45, 2.75) is 12.5 Å². The summed E-state index contributed by atoms with van der Waals surface area (Å²) in [4.78, 5) is 23.7. The average molecular weight is 387 g/mol. The number of para-hydroxylation sites is 1. The molecule has 0 radical (unpaired) electrons. The van der Waals surface area contributed by atoms with Crippen LogP contribution in [0, 0.1) is 0 Å². The number of carbonyl (C=O) groups is 2. The molecule has 0 saturated heterocycles. The van der Waals surface area contributed by atoms with Crippen LogP contribution in [0.15, 0.2) is 91.0 Å². The van der Waals surface area contributed by atoms with Crippen LogP contribution < -0.4 is 10.1 Å². The summed E-state index contributed by atoms with van der Waals surface area (Å²) >= 11 is 0. The van der Waals surface area contributed by atoms with Gasteiger partial charge in [0.25, 0.3) is 0 Å². The lowest BCUT2D eigenvalue weighted by molar-refractivity contribution is -0.141. The first-order valence-electron chi connectivity index (χ1n) is 9.18. The number of carbonyl (C=O) groups excluding carboxylic acids is 1. The lowest BCUT2D eigenvalue weighted by atomic mass is 10.1. The van der Waals surface area contributed by atoms with E-state index in [1.54, 1.807) is 12.1 Å². The van der Waals surface area contributed by atoms with Crippen molar-refractivity contribution < 1.29 is 19.4 Å². The maximum absolute atomic E-state index is 12.2. The van der Waals surface area contributed by atoms with Crippen LogP contribution in [0.5, 0.6) is 11.5 Å². The summed E-state index contributed by atoms with van der Waals surface area (Å²) in [5.74, 6) is -0.181. The quantitative estimate of drug-likeness (QED) is 0.565. The molecule has 146 valence electrons. The van der Waals surface area contributed by atoms with E-state index in [1.807, 2.05) is 78.9 Å². The van der Waals surface area contributed by atoms with Crippen molar-refractivity contribution in [2.24, 2.45) is 0 Å². The van der Waals surface area contributed by atoms with Gasteiger partial charge in [-0.3, -0.25) is 4.79 Å². The minimum absolute atomic E-state index is 0.218. The van der Waals surface area contributed by atoms with Gasteiger partial charge in [0.1, 0.15) is 17.5 Å². The maximum atomic E-state index is 12.2. The van der Waals surface area contributed by atoms with Gasteiger partial charge in [0.15, 0.2) is 0 Å². The van der Waals surface area contributed by atoms with Gasteiger partial charge in [-0.25, -0.2) is 4.79 Å². The second-order valence-corrected chi connectivity index (χ2v) is 6.41. The van der Waals surface area contributed by atoms with E-state index in [2.05, 4.69) is 5.32 Å². The van der Waals surface area contributed by atoms with Gasteiger partial charge >= 0.3 is 5.97 Å². The molecule has 3 rings (SSSR count). The Hall–Kier alpha value is -3.86. The normalized spacial score (nSPS) is 11.7. The maximum Gasteiger partial charge on any atom is 0.326 e. The average Bonchev–Trinajstić information content (AvgIpc) is 2.73. The molecule has 0 aromatic heterocycles. The zero-order valence-corrected chi connectivity index (χ0v) is 15.7. The van der Waals surface area contributed by atoms with Crippen molar-refractivity contribution in [3.8, 4) is 11.5 Å². The fourth-order valence-corrected chi connectivity index (χ4v) is 2.75. The summed E-state index contributed by atoms with van der Waals surface area (Å²) in [5, 5.41) is 11.9. The van der Waals surface area contributed by atoms with Gasteiger partial charge in [0.05, 0.1) is 0 Å². The minimum atomic E-state index is -1.08. The van der Waals surface area contributed by atoms with Crippen LogP contribution in [0.1, 0.15) is 11.1 Å². The van der Waals surface area contributed by atoms with Gasteiger partial charge in [0, 0.05) is 12.5 Å². The third kappa shape index (κ3) is 6.36. The molecular weight excluding hydrogens is 366 g/mol. The Morgan fingerprint density at radius 2 is 1.55 bits per heavy atom. The molecule has 0 spiro atoms. The summed E-state index contributed by atoms with van der Waals surface area (Å²) < 4.78 is 5.78. The Bertz CT molecular complexity index is 984. The van der Waals surface area contributed by atoms with E-state index in [4.69, 9.17) is 4.74 Å². The van der Waals surface area contributed by atoms with Gasteiger partial charge in [-0.05, 0) is 41.5 Å². The van der Waals surface area contributed by atoms with E-state index < -0.39 is 17.9 Å². The molecule has 3 aromatic carbocycles. The van der Waals surface area contributed by atoms with Crippen molar-refractivity contribution in [3.63, 3.8) is 0 Å². The highest BCUT2D eigenvalue weighted by Crippen LogP contribution is 2.22. The van der Waals surface area contributed by atoms with E-state index in [9.17, 15) is 14.7 Å². The van der Waals surface area contributed by atoms with Gasteiger partial charge in [-0.1, -0.05) is 60.7 Å². The van der Waals surface area contributed by atoms with Crippen LogP contribution in [-0.2, 0) is 16.0 Å². The molecule has 5 nitrogen and oxygen atoms in total. The second-order valence-electron chi connectivity index (χ2n) is 6.41. The lowest BCUT2D eigenvalue weighted by Gasteiger charge is -2.13. The third-order valence-electron chi connectivity index (χ3n) is 4.16. The van der Waals surface area contributed by atoms with Gasteiger partial charge in [-0.15, -0.1) is 0 Å². The molecule has 3 aromatic rings. The number of nitrogens with one attached hydrogen (secondary N) is 1. The highest BCUT2D eigenvalue weighted by molar-refractivity contribution is 5.94. The fraction of sp³-hybridized carbons (Fsp3) is 0.0833. The molecule has 1 amide bonds. The minimum Gasteiger partial charge on any atom is -0.480 e. The Labute approximate surface area is 169 Å². The van der Waals surface area contributed by atoms with Gasteiger partial charge in [-0.2, -0.15) is 0 Å². The zero-order valence-electron chi connectivity index (χ0n) is 15.7. The Morgan fingerprint density at radius 1 is 0.897 bits per heavy atom. The number of aliphatic carboxylic acids is 1. The Morgan fingerprint density at radius 3 is 2.24 bits per heavy atom. The number of hydrogen-bond donors (Lipinski definition) is 2. The van der Waals surface area contributed by atoms with Crippen LogP contribution in [0.4, 0.5) is 0 Å². The van der Waals surface area contributed by atoms with E-state index in [1.165, 1.54) is 6.08 Å². The molecule has 0 fully saturated rings. The zero-order chi connectivity index (χ0) is 20.5. The van der Waals surface area contributed by atoms with E-state index in [0.717, 1.165) is 16.9 Å². The molecule has 1 atom stereocenters. The lowest BCUT2D eigenvalue weighted by Crippen LogP contribution is -2.41. The molecular formula is C24H21NO4. The van der Waals surface area contributed by atoms with E-state index >= 15 is 0 Å². The van der Waals surface area contributed by atoms with Crippen LogP contribution in [0.25, 0.3) is 6.08 Å². The number of rotatable bonds is 8. The van der Waals surface area contributed by atoms with Crippen LogP contribution in [-0.4, -0.2) is 23.0 Å². The van der Waals surface area contributed by atoms with Crippen molar-refractivity contribution in [2.75, 3.05) is 0 Å². The number of benzene rings is 3. The molecule has 0 aliphatic carbocycles. The molecule has 5 heteroatoms. The van der Waals surface area contributed by atoms with E-state index in [0.29, 0.717) is 5.75 Å². The monoisotopic (exact) mass is 387 g/mol. The summed E-state index contributed by atoms with van der Waals surface area (Å²) in [6.07, 6.45) is 3.16. The molecule has 0 aliphatic rings. The number of hydrogen-bond acceptors (Lipinski definition) is 3. The predicted molar refractivity (Wildman–Crippen MR) is 112 cm³/mol. The Balaban J connectivity index is 1.62. The summed E-state index contributed by atoms with van der Waals surface area (Å²) in [6.45, 7) is 0. The van der Waals surface area contributed by atoms with Crippen LogP contribution in [0.3, 0.4) is 0 Å². The number of amides is 1. The summed E-state index contributed by atoms with van der Waals surface area (Å²) in [7, 11) is 0. The largest absolute Gasteiger partial charge is 0.480 e. The second kappa shape index (κ2) is 9.90. The number of ether oxygens (including phenoxy) is 1. The highest BCUT2D eigenvalue weighted by atomic mass is 16.5. The smallest absolute Gasteiger partial charge is 0.326 e. The number of carboxylic acids is 1. The summed E-state index contributed by atoms with van der Waals surface area (Å²) in [6, 6.07) is 24.9. The van der Waals surface area contributed by atoms with Gasteiger partial charge < -0.3 is 15.2 Å². The predicted octanol–water partition coefficient (Wildman–Crippen LogP) is 4.30. The molecule has 2 N–H and O–H groups in total. The van der Waals surface area contributed by atoms with Crippen molar-refractivity contribution in [1.29, 1.82) is 0 Å². The Kier molecular flexibility index (Phi) is 6.79. The molecule has 0 heterocycles. The molecule has 0 saturated carbocycles. The molecule has 0 aliphatic heterocycles. The molecule has 29 heavy (non-hydrogen) atoms. The van der Waals surface area contributed by atoms with Crippen LogP contribution in [0.2, 0.25) is 0 Å². The van der Waals surface area contributed by atoms with Crippen molar-refractivity contribution in [1.82, 2.24) is 5.32 Å².